The topological polar surface area (TPSA) is 70.3 Å². The van der Waals surface area contributed by atoms with Gasteiger partial charge in [-0.25, -0.2) is 4.39 Å². The van der Waals surface area contributed by atoms with Crippen molar-refractivity contribution >= 4 is 5.78 Å². The van der Waals surface area contributed by atoms with E-state index in [1.165, 1.54) is 41.2 Å². The van der Waals surface area contributed by atoms with Crippen LogP contribution in [0.1, 0.15) is 17.3 Å². The van der Waals surface area contributed by atoms with Crippen LogP contribution in [0.25, 0.3) is 5.69 Å². The van der Waals surface area contributed by atoms with Gasteiger partial charge < -0.3 is 9.30 Å². The van der Waals surface area contributed by atoms with Crippen molar-refractivity contribution in [2.75, 3.05) is 6.61 Å². The van der Waals surface area contributed by atoms with Crippen LogP contribution in [0, 0.1) is 5.82 Å². The highest BCUT2D eigenvalue weighted by atomic mass is 19.1. The first-order chi connectivity index (χ1) is 13.0. The van der Waals surface area contributed by atoms with Crippen molar-refractivity contribution in [2.24, 2.45) is 0 Å². The van der Waals surface area contributed by atoms with E-state index in [0.717, 1.165) is 4.57 Å². The molecule has 0 saturated carbocycles. The van der Waals surface area contributed by atoms with Crippen molar-refractivity contribution in [2.45, 2.75) is 13.5 Å². The van der Waals surface area contributed by atoms with E-state index in [-0.39, 0.29) is 12.1 Å². The van der Waals surface area contributed by atoms with E-state index >= 15 is 0 Å². The van der Waals surface area contributed by atoms with Crippen LogP contribution < -0.4 is 15.9 Å². The highest BCUT2D eigenvalue weighted by molar-refractivity contribution is 5.95. The Hall–Kier alpha value is -3.48. The quantitative estimate of drug-likeness (QED) is 0.495. The molecule has 0 aliphatic heterocycles. The molecule has 0 radical (unpaired) electrons. The predicted octanol–water partition coefficient (Wildman–Crippen LogP) is 2.42. The average molecular weight is 368 g/mol. The summed E-state index contributed by atoms with van der Waals surface area (Å²) in [7, 11) is 0. The lowest BCUT2D eigenvalue weighted by atomic mass is 10.1. The number of carbonyl (C=O) groups excluding carboxylic acids is 1. The molecule has 0 unspecified atom stereocenters. The Bertz CT molecular complexity index is 1070. The number of nitrogens with zero attached hydrogens (tertiary/aromatic N) is 2. The van der Waals surface area contributed by atoms with Crippen molar-refractivity contribution in [1.29, 1.82) is 0 Å². The van der Waals surface area contributed by atoms with E-state index in [9.17, 15) is 18.8 Å². The number of hydrogen-bond acceptors (Lipinski definition) is 4. The molecule has 0 aliphatic rings. The predicted molar refractivity (Wildman–Crippen MR) is 98.2 cm³/mol. The van der Waals surface area contributed by atoms with Gasteiger partial charge in [0.05, 0.1) is 13.2 Å². The lowest BCUT2D eigenvalue weighted by Crippen LogP contribution is -2.41. The first kappa shape index (κ1) is 18.3. The number of benzene rings is 2. The van der Waals surface area contributed by atoms with E-state index in [2.05, 4.69) is 0 Å². The highest BCUT2D eigenvalue weighted by Crippen LogP contribution is 2.13. The second-order valence-corrected chi connectivity index (χ2v) is 5.76. The number of Topliss-reactive ketones (excluding diaryl/α,β-unsaturated/α-hetero) is 1. The molecule has 27 heavy (non-hydrogen) atoms. The van der Waals surface area contributed by atoms with E-state index in [1.54, 1.807) is 24.3 Å². The van der Waals surface area contributed by atoms with Gasteiger partial charge in [0.15, 0.2) is 5.78 Å². The monoisotopic (exact) mass is 368 g/mol. The van der Waals surface area contributed by atoms with Crippen molar-refractivity contribution in [3.63, 3.8) is 0 Å². The molecule has 0 saturated heterocycles. The fraction of sp³-hybridized carbons (Fsp3) is 0.150. The van der Waals surface area contributed by atoms with Crippen LogP contribution in [-0.4, -0.2) is 21.5 Å². The van der Waals surface area contributed by atoms with Crippen molar-refractivity contribution < 1.29 is 13.9 Å². The van der Waals surface area contributed by atoms with Gasteiger partial charge in [-0.05, 0) is 55.5 Å². The molecule has 6 nitrogen and oxygen atoms in total. The molecule has 0 atom stereocenters. The summed E-state index contributed by atoms with van der Waals surface area (Å²) in [6, 6.07) is 11.7. The smallest absolute Gasteiger partial charge is 0.320 e. The summed E-state index contributed by atoms with van der Waals surface area (Å²) in [5, 5.41) is 0. The standard InChI is InChI=1S/C20H17FN2O4/c1-2-27-17-9-7-16(8-10-17)23-12-11-22(19(25)20(23)26)13-18(24)14-3-5-15(21)6-4-14/h3-12H,2,13H2,1H3. The molecule has 3 rings (SSSR count). The summed E-state index contributed by atoms with van der Waals surface area (Å²) in [5.41, 5.74) is -0.813. The Morgan fingerprint density at radius 1 is 0.963 bits per heavy atom. The summed E-state index contributed by atoms with van der Waals surface area (Å²) in [6.07, 6.45) is 2.80. The summed E-state index contributed by atoms with van der Waals surface area (Å²) in [5.74, 6) is -0.190. The van der Waals surface area contributed by atoms with Gasteiger partial charge in [-0.2, -0.15) is 0 Å². The molecule has 138 valence electrons. The van der Waals surface area contributed by atoms with Gasteiger partial charge in [-0.1, -0.05) is 0 Å². The molecule has 7 heteroatoms. The van der Waals surface area contributed by atoms with Crippen LogP contribution in [0.4, 0.5) is 4.39 Å². The van der Waals surface area contributed by atoms with Gasteiger partial charge in [0.25, 0.3) is 0 Å². The molecule has 0 bridgehead atoms. The SMILES string of the molecule is CCOc1ccc(-n2ccn(CC(=O)c3ccc(F)cc3)c(=O)c2=O)cc1. The Kier molecular flexibility index (Phi) is 5.30. The number of rotatable bonds is 6. The molecule has 2 aromatic carbocycles. The van der Waals surface area contributed by atoms with Gasteiger partial charge in [-0.3, -0.25) is 19.0 Å². The maximum Gasteiger partial charge on any atom is 0.320 e. The zero-order chi connectivity index (χ0) is 19.4. The Balaban J connectivity index is 1.86. The fourth-order valence-electron chi connectivity index (χ4n) is 2.59. The number of carbonyl (C=O) groups is 1. The highest BCUT2D eigenvalue weighted by Gasteiger charge is 2.12. The Labute approximate surface area is 154 Å². The van der Waals surface area contributed by atoms with Crippen LogP contribution in [0.3, 0.4) is 0 Å². The average Bonchev–Trinajstić information content (AvgIpc) is 2.67. The molecular formula is C20H17FN2O4. The van der Waals surface area contributed by atoms with E-state index < -0.39 is 22.7 Å². The molecule has 1 heterocycles. The lowest BCUT2D eigenvalue weighted by molar-refractivity contribution is 0.0970. The van der Waals surface area contributed by atoms with Crippen LogP contribution in [0.5, 0.6) is 5.75 Å². The summed E-state index contributed by atoms with van der Waals surface area (Å²) in [6.45, 7) is 2.09. The fourth-order valence-corrected chi connectivity index (χ4v) is 2.59. The molecule has 1 aromatic heterocycles. The third-order valence-electron chi connectivity index (χ3n) is 3.96. The van der Waals surface area contributed by atoms with Gasteiger partial charge >= 0.3 is 11.1 Å². The number of hydrogen-bond donors (Lipinski definition) is 0. The van der Waals surface area contributed by atoms with Gasteiger partial charge in [0.1, 0.15) is 11.6 Å². The second-order valence-electron chi connectivity index (χ2n) is 5.76. The zero-order valence-corrected chi connectivity index (χ0v) is 14.6. The molecule has 0 aliphatic carbocycles. The lowest BCUT2D eigenvalue weighted by Gasteiger charge is -2.10. The minimum atomic E-state index is -0.818. The number of aromatic nitrogens is 2. The van der Waals surface area contributed by atoms with Crippen LogP contribution in [0.2, 0.25) is 0 Å². The van der Waals surface area contributed by atoms with Gasteiger partial charge in [0, 0.05) is 23.6 Å². The van der Waals surface area contributed by atoms with E-state index in [0.29, 0.717) is 18.0 Å². The molecule has 0 N–H and O–H groups in total. The summed E-state index contributed by atoms with van der Waals surface area (Å²) >= 11 is 0. The van der Waals surface area contributed by atoms with Crippen molar-refractivity contribution in [3.05, 3.63) is 93.0 Å². The first-order valence-corrected chi connectivity index (χ1v) is 8.33. The second kappa shape index (κ2) is 7.82. The van der Waals surface area contributed by atoms with Crippen LogP contribution in [-0.2, 0) is 6.54 Å². The molecule has 0 amide bonds. The maximum absolute atomic E-state index is 12.9. The maximum atomic E-state index is 12.9. The van der Waals surface area contributed by atoms with Gasteiger partial charge in [-0.15, -0.1) is 0 Å². The summed E-state index contributed by atoms with van der Waals surface area (Å²) < 4.78 is 20.5. The normalized spacial score (nSPS) is 10.6. The van der Waals surface area contributed by atoms with Crippen LogP contribution in [0.15, 0.2) is 70.5 Å². The van der Waals surface area contributed by atoms with Crippen molar-refractivity contribution in [3.8, 4) is 11.4 Å². The molecular weight excluding hydrogens is 351 g/mol. The zero-order valence-electron chi connectivity index (χ0n) is 14.6. The molecule has 0 spiro atoms. The largest absolute Gasteiger partial charge is 0.494 e. The number of halogens is 1. The minimum absolute atomic E-state index is 0.263. The molecule has 3 aromatic rings. The third-order valence-corrected chi connectivity index (χ3v) is 3.96. The minimum Gasteiger partial charge on any atom is -0.494 e. The Morgan fingerprint density at radius 3 is 2.26 bits per heavy atom. The first-order valence-electron chi connectivity index (χ1n) is 8.33. The third kappa shape index (κ3) is 4.03. The number of ketones is 1. The van der Waals surface area contributed by atoms with Crippen molar-refractivity contribution in [1.82, 2.24) is 9.13 Å². The molecule has 0 fully saturated rings. The van der Waals surface area contributed by atoms with E-state index in [4.69, 9.17) is 4.74 Å². The van der Waals surface area contributed by atoms with Gasteiger partial charge in [0.2, 0.25) is 0 Å². The Morgan fingerprint density at radius 2 is 1.63 bits per heavy atom. The van der Waals surface area contributed by atoms with E-state index in [1.807, 2.05) is 6.92 Å². The van der Waals surface area contributed by atoms with Crippen LogP contribution >= 0.6 is 0 Å². The summed E-state index contributed by atoms with van der Waals surface area (Å²) in [4.78, 5) is 37.0. The number of ether oxygens (including phenoxy) is 1.